The minimum absolute atomic E-state index is 0.0300. The van der Waals surface area contributed by atoms with Gasteiger partial charge in [0.25, 0.3) is 0 Å². The molecule has 0 saturated carbocycles. The molecule has 0 aliphatic heterocycles. The van der Waals surface area contributed by atoms with Gasteiger partial charge < -0.3 is 25.6 Å². The molecule has 2 unspecified atom stereocenters. The zero-order chi connectivity index (χ0) is 13.5. The van der Waals surface area contributed by atoms with E-state index < -0.39 is 12.2 Å². The summed E-state index contributed by atoms with van der Waals surface area (Å²) in [4.78, 5) is 2.04. The summed E-state index contributed by atoms with van der Waals surface area (Å²) >= 11 is 0. The first-order valence-corrected chi connectivity index (χ1v) is 5.98. The van der Waals surface area contributed by atoms with Crippen LogP contribution >= 0.6 is 0 Å². The first-order valence-electron chi connectivity index (χ1n) is 5.98. The monoisotopic (exact) mass is 254 g/mol. The van der Waals surface area contributed by atoms with Crippen LogP contribution in [-0.4, -0.2) is 55.0 Å². The van der Waals surface area contributed by atoms with Crippen molar-refractivity contribution in [3.05, 3.63) is 29.8 Å². The van der Waals surface area contributed by atoms with Crippen LogP contribution in [0.15, 0.2) is 24.3 Å². The standard InChI is InChI=1S/C13H22N2O3/c1-15(2)7-8-18-11-5-3-10(4-6-11)13(17)12(16)9-14/h3-6,12-13,16-17H,7-9,14H2,1-2H3. The van der Waals surface area contributed by atoms with Crippen LogP contribution in [0.5, 0.6) is 5.75 Å². The van der Waals surface area contributed by atoms with Crippen molar-refractivity contribution in [3.8, 4) is 5.75 Å². The van der Waals surface area contributed by atoms with E-state index in [1.54, 1.807) is 24.3 Å². The minimum atomic E-state index is -0.953. The maximum absolute atomic E-state index is 9.75. The van der Waals surface area contributed by atoms with E-state index in [1.165, 1.54) is 0 Å². The highest BCUT2D eigenvalue weighted by molar-refractivity contribution is 5.29. The van der Waals surface area contributed by atoms with E-state index >= 15 is 0 Å². The molecule has 2 atom stereocenters. The Bertz CT molecular complexity index is 341. The van der Waals surface area contributed by atoms with Crippen LogP contribution in [0.3, 0.4) is 0 Å². The number of likely N-dealkylation sites (N-methyl/N-ethyl adjacent to an activating group) is 1. The van der Waals surface area contributed by atoms with Crippen molar-refractivity contribution in [1.82, 2.24) is 4.90 Å². The number of nitrogens with zero attached hydrogens (tertiary/aromatic N) is 1. The van der Waals surface area contributed by atoms with Crippen molar-refractivity contribution < 1.29 is 14.9 Å². The number of benzene rings is 1. The lowest BCUT2D eigenvalue weighted by Crippen LogP contribution is -2.27. The van der Waals surface area contributed by atoms with E-state index in [-0.39, 0.29) is 6.54 Å². The van der Waals surface area contributed by atoms with Crippen molar-refractivity contribution >= 4 is 0 Å². The second kappa shape index (κ2) is 7.33. The predicted octanol–water partition coefficient (Wildman–Crippen LogP) is -0.0200. The number of hydrogen-bond acceptors (Lipinski definition) is 5. The molecule has 4 N–H and O–H groups in total. The fourth-order valence-electron chi connectivity index (χ4n) is 1.46. The van der Waals surface area contributed by atoms with E-state index in [1.807, 2.05) is 19.0 Å². The largest absolute Gasteiger partial charge is 0.492 e. The van der Waals surface area contributed by atoms with E-state index in [4.69, 9.17) is 10.5 Å². The molecule has 0 heterocycles. The predicted molar refractivity (Wildman–Crippen MR) is 70.5 cm³/mol. The van der Waals surface area contributed by atoms with Crippen LogP contribution in [0.2, 0.25) is 0 Å². The first-order chi connectivity index (χ1) is 8.54. The molecule has 0 aliphatic rings. The Morgan fingerprint density at radius 1 is 1.22 bits per heavy atom. The summed E-state index contributed by atoms with van der Waals surface area (Å²) in [5.74, 6) is 0.745. The van der Waals surface area contributed by atoms with E-state index in [0.717, 1.165) is 12.3 Å². The van der Waals surface area contributed by atoms with Crippen LogP contribution in [-0.2, 0) is 0 Å². The van der Waals surface area contributed by atoms with Crippen molar-refractivity contribution in [2.45, 2.75) is 12.2 Å². The molecule has 5 nitrogen and oxygen atoms in total. The average molecular weight is 254 g/mol. The van der Waals surface area contributed by atoms with Gasteiger partial charge in [0.2, 0.25) is 0 Å². The third kappa shape index (κ3) is 4.62. The Balaban J connectivity index is 2.52. The average Bonchev–Trinajstić information content (AvgIpc) is 2.37. The summed E-state index contributed by atoms with van der Waals surface area (Å²) < 4.78 is 5.53. The van der Waals surface area contributed by atoms with Gasteiger partial charge in [0.1, 0.15) is 18.5 Å². The third-order valence-corrected chi connectivity index (χ3v) is 2.63. The van der Waals surface area contributed by atoms with Gasteiger partial charge in [-0.05, 0) is 31.8 Å². The molecule has 1 aromatic rings. The van der Waals surface area contributed by atoms with Gasteiger partial charge >= 0.3 is 0 Å². The van der Waals surface area contributed by atoms with Crippen LogP contribution in [0, 0.1) is 0 Å². The quantitative estimate of drug-likeness (QED) is 0.637. The lowest BCUT2D eigenvalue weighted by molar-refractivity contribution is 0.0243. The molecule has 0 bridgehead atoms. The van der Waals surface area contributed by atoms with Gasteiger partial charge in [-0.2, -0.15) is 0 Å². The summed E-state index contributed by atoms with van der Waals surface area (Å²) in [6, 6.07) is 7.01. The van der Waals surface area contributed by atoms with Crippen molar-refractivity contribution in [2.24, 2.45) is 5.73 Å². The molecule has 1 aromatic carbocycles. The molecule has 0 fully saturated rings. The molecular formula is C13H22N2O3. The van der Waals surface area contributed by atoms with Gasteiger partial charge in [0.15, 0.2) is 0 Å². The number of aliphatic hydroxyl groups excluding tert-OH is 2. The molecule has 5 heteroatoms. The van der Waals surface area contributed by atoms with Crippen LogP contribution in [0.25, 0.3) is 0 Å². The zero-order valence-electron chi connectivity index (χ0n) is 10.9. The molecule has 0 radical (unpaired) electrons. The molecule has 1 rings (SSSR count). The molecule has 0 spiro atoms. The summed E-state index contributed by atoms with van der Waals surface area (Å²) in [5, 5.41) is 19.2. The number of ether oxygens (including phenoxy) is 1. The molecule has 18 heavy (non-hydrogen) atoms. The molecule has 0 saturated heterocycles. The minimum Gasteiger partial charge on any atom is -0.492 e. The highest BCUT2D eigenvalue weighted by atomic mass is 16.5. The Labute approximate surface area is 108 Å². The number of hydrogen-bond donors (Lipinski definition) is 3. The second-order valence-corrected chi connectivity index (χ2v) is 4.47. The van der Waals surface area contributed by atoms with Crippen molar-refractivity contribution in [2.75, 3.05) is 33.8 Å². The lowest BCUT2D eigenvalue weighted by Gasteiger charge is -2.17. The highest BCUT2D eigenvalue weighted by Crippen LogP contribution is 2.20. The van der Waals surface area contributed by atoms with Gasteiger partial charge in [0.05, 0.1) is 6.10 Å². The van der Waals surface area contributed by atoms with Gasteiger partial charge in [-0.3, -0.25) is 0 Å². The number of nitrogens with two attached hydrogens (primary N) is 1. The van der Waals surface area contributed by atoms with E-state index in [2.05, 4.69) is 0 Å². The van der Waals surface area contributed by atoms with Crippen LogP contribution in [0.4, 0.5) is 0 Å². The molecule has 0 aliphatic carbocycles. The summed E-state index contributed by atoms with van der Waals surface area (Å²) in [5.41, 5.74) is 5.93. The SMILES string of the molecule is CN(C)CCOc1ccc(C(O)C(O)CN)cc1. The number of aliphatic hydroxyl groups is 2. The smallest absolute Gasteiger partial charge is 0.119 e. The fourth-order valence-corrected chi connectivity index (χ4v) is 1.46. The molecule has 0 amide bonds. The Morgan fingerprint density at radius 2 is 1.83 bits per heavy atom. The van der Waals surface area contributed by atoms with Gasteiger partial charge in [0, 0.05) is 13.1 Å². The second-order valence-electron chi connectivity index (χ2n) is 4.47. The summed E-state index contributed by atoms with van der Waals surface area (Å²) in [7, 11) is 3.97. The van der Waals surface area contributed by atoms with Crippen molar-refractivity contribution in [3.63, 3.8) is 0 Å². The zero-order valence-corrected chi connectivity index (χ0v) is 10.9. The van der Waals surface area contributed by atoms with Crippen molar-refractivity contribution in [1.29, 1.82) is 0 Å². The van der Waals surface area contributed by atoms with Crippen LogP contribution < -0.4 is 10.5 Å². The van der Waals surface area contributed by atoms with Gasteiger partial charge in [-0.1, -0.05) is 12.1 Å². The maximum atomic E-state index is 9.75. The maximum Gasteiger partial charge on any atom is 0.119 e. The Morgan fingerprint density at radius 3 is 2.33 bits per heavy atom. The normalized spacial score (nSPS) is 14.6. The molecule has 0 aromatic heterocycles. The summed E-state index contributed by atoms with van der Waals surface area (Å²) in [6.45, 7) is 1.48. The number of rotatable bonds is 7. The van der Waals surface area contributed by atoms with Crippen LogP contribution in [0.1, 0.15) is 11.7 Å². The lowest BCUT2D eigenvalue weighted by atomic mass is 10.0. The topological polar surface area (TPSA) is 79.0 Å². The highest BCUT2D eigenvalue weighted by Gasteiger charge is 2.16. The molecular weight excluding hydrogens is 232 g/mol. The Kier molecular flexibility index (Phi) is 6.07. The summed E-state index contributed by atoms with van der Waals surface area (Å²) in [6.07, 6.45) is -1.89. The van der Waals surface area contributed by atoms with E-state index in [0.29, 0.717) is 12.2 Å². The van der Waals surface area contributed by atoms with Gasteiger partial charge in [-0.15, -0.1) is 0 Å². The van der Waals surface area contributed by atoms with Gasteiger partial charge in [-0.25, -0.2) is 0 Å². The fraction of sp³-hybridized carbons (Fsp3) is 0.538. The molecule has 102 valence electrons. The first kappa shape index (κ1) is 14.9. The van der Waals surface area contributed by atoms with E-state index in [9.17, 15) is 10.2 Å². The third-order valence-electron chi connectivity index (χ3n) is 2.63. The Hall–Kier alpha value is -1.14.